The van der Waals surface area contributed by atoms with E-state index in [2.05, 4.69) is 15.9 Å². The molecule has 7 heteroatoms. The van der Waals surface area contributed by atoms with Gasteiger partial charge in [0.25, 0.3) is 0 Å². The zero-order valence-electron chi connectivity index (χ0n) is 11.9. The van der Waals surface area contributed by atoms with E-state index in [1.54, 1.807) is 0 Å². The Bertz CT molecular complexity index is 594. The lowest BCUT2D eigenvalue weighted by Crippen LogP contribution is -2.40. The van der Waals surface area contributed by atoms with Gasteiger partial charge in [-0.15, -0.1) is 11.6 Å². The molecule has 0 N–H and O–H groups in total. The van der Waals surface area contributed by atoms with Gasteiger partial charge in [0.05, 0.1) is 17.3 Å². The molecule has 4 nitrogen and oxygen atoms in total. The Kier molecular flexibility index (Phi) is 5.94. The summed E-state index contributed by atoms with van der Waals surface area (Å²) in [4.78, 5) is 0. The van der Waals surface area contributed by atoms with E-state index < -0.39 is 10.0 Å². The molecule has 1 aromatic carbocycles. The first-order chi connectivity index (χ1) is 9.90. The van der Waals surface area contributed by atoms with Gasteiger partial charge >= 0.3 is 0 Å². The number of ether oxygens (including phenoxy) is 1. The van der Waals surface area contributed by atoms with Gasteiger partial charge in [-0.05, 0) is 46.5 Å². The van der Waals surface area contributed by atoms with Crippen molar-refractivity contribution in [3.05, 3.63) is 28.2 Å². The lowest BCUT2D eigenvalue weighted by atomic mass is 10.0. The summed E-state index contributed by atoms with van der Waals surface area (Å²) >= 11 is 9.25. The minimum atomic E-state index is -3.11. The van der Waals surface area contributed by atoms with Crippen molar-refractivity contribution < 1.29 is 13.2 Å². The van der Waals surface area contributed by atoms with Crippen LogP contribution in [0.1, 0.15) is 18.4 Å². The van der Waals surface area contributed by atoms with E-state index in [0.717, 1.165) is 28.6 Å². The van der Waals surface area contributed by atoms with Gasteiger partial charge in [-0.2, -0.15) is 0 Å². The Hall–Kier alpha value is -0.300. The average Bonchev–Trinajstić information content (AvgIpc) is 2.45. The Labute approximate surface area is 139 Å². The van der Waals surface area contributed by atoms with Crippen LogP contribution in [0.15, 0.2) is 22.7 Å². The number of sulfonamides is 1. The third-order valence-electron chi connectivity index (χ3n) is 3.58. The van der Waals surface area contributed by atoms with Crippen LogP contribution in [0.2, 0.25) is 0 Å². The monoisotopic (exact) mass is 395 g/mol. The standard InChI is InChI=1S/C14H19BrClNO3S/c1-21(18,19)17-6-2-3-12(9-17)10-20-14-5-4-11(8-16)7-13(14)15/h4-5,7,12H,2-3,6,8-10H2,1H3. The third kappa shape index (κ3) is 4.84. The summed E-state index contributed by atoms with van der Waals surface area (Å²) in [7, 11) is -3.11. The summed E-state index contributed by atoms with van der Waals surface area (Å²) in [5.74, 6) is 1.46. The molecule has 0 aromatic heterocycles. The zero-order chi connectivity index (χ0) is 15.5. The van der Waals surface area contributed by atoms with Gasteiger partial charge < -0.3 is 4.74 Å². The first-order valence-corrected chi connectivity index (χ1v) is 10.00. The summed E-state index contributed by atoms with van der Waals surface area (Å²) in [5.41, 5.74) is 1.02. The maximum absolute atomic E-state index is 11.6. The van der Waals surface area contributed by atoms with Crippen LogP contribution in [0.3, 0.4) is 0 Å². The summed E-state index contributed by atoms with van der Waals surface area (Å²) in [6, 6.07) is 5.75. The highest BCUT2D eigenvalue weighted by atomic mass is 79.9. The van der Waals surface area contributed by atoms with Crippen LogP contribution in [0, 0.1) is 5.92 Å². The molecule has 1 aromatic rings. The first-order valence-electron chi connectivity index (χ1n) is 6.82. The molecule has 1 fully saturated rings. The van der Waals surface area contributed by atoms with Crippen LogP contribution in [0.4, 0.5) is 0 Å². The minimum absolute atomic E-state index is 0.230. The number of piperidine rings is 1. The fraction of sp³-hybridized carbons (Fsp3) is 0.571. The van der Waals surface area contributed by atoms with E-state index in [1.807, 2.05) is 18.2 Å². The van der Waals surface area contributed by atoms with Crippen molar-refractivity contribution in [2.24, 2.45) is 5.92 Å². The molecule has 0 radical (unpaired) electrons. The number of nitrogens with zero attached hydrogens (tertiary/aromatic N) is 1. The van der Waals surface area contributed by atoms with Crippen molar-refractivity contribution in [2.75, 3.05) is 26.0 Å². The lowest BCUT2D eigenvalue weighted by molar-refractivity contribution is 0.180. The van der Waals surface area contributed by atoms with E-state index in [4.69, 9.17) is 16.3 Å². The molecule has 2 rings (SSSR count). The van der Waals surface area contributed by atoms with Crippen molar-refractivity contribution >= 4 is 37.6 Å². The fourth-order valence-electron chi connectivity index (χ4n) is 2.42. The molecule has 1 aliphatic rings. The molecule has 0 amide bonds. The third-order valence-corrected chi connectivity index (χ3v) is 5.77. The van der Waals surface area contributed by atoms with Crippen LogP contribution >= 0.6 is 27.5 Å². The molecule has 1 saturated heterocycles. The van der Waals surface area contributed by atoms with Gasteiger partial charge in [0, 0.05) is 24.9 Å². The van der Waals surface area contributed by atoms with Gasteiger partial charge in [-0.3, -0.25) is 0 Å². The highest BCUT2D eigenvalue weighted by Crippen LogP contribution is 2.28. The molecule has 21 heavy (non-hydrogen) atoms. The Morgan fingerprint density at radius 1 is 1.48 bits per heavy atom. The highest BCUT2D eigenvalue weighted by molar-refractivity contribution is 9.10. The normalized spacial score (nSPS) is 20.4. The Morgan fingerprint density at radius 2 is 2.24 bits per heavy atom. The summed E-state index contributed by atoms with van der Waals surface area (Å²) in [5, 5.41) is 0. The summed E-state index contributed by atoms with van der Waals surface area (Å²) in [6.07, 6.45) is 3.13. The van der Waals surface area contributed by atoms with Crippen LogP contribution in [0.25, 0.3) is 0 Å². The maximum Gasteiger partial charge on any atom is 0.211 e. The van der Waals surface area contributed by atoms with Crippen molar-refractivity contribution in [2.45, 2.75) is 18.7 Å². The second-order valence-electron chi connectivity index (χ2n) is 5.34. The predicted octanol–water partition coefficient (Wildman–Crippen LogP) is 3.24. The molecule has 1 unspecified atom stereocenters. The molecule has 0 saturated carbocycles. The second kappa shape index (κ2) is 7.31. The molecule has 0 bridgehead atoms. The number of rotatable bonds is 5. The first kappa shape index (κ1) is 17.1. The number of hydrogen-bond acceptors (Lipinski definition) is 3. The fourth-order valence-corrected chi connectivity index (χ4v) is 4.07. The molecule has 0 spiro atoms. The van der Waals surface area contributed by atoms with Gasteiger partial charge in [0.15, 0.2) is 0 Å². The Morgan fingerprint density at radius 3 is 2.86 bits per heavy atom. The van der Waals surface area contributed by atoms with E-state index in [1.165, 1.54) is 10.6 Å². The Balaban J connectivity index is 1.94. The molecule has 1 heterocycles. The lowest BCUT2D eigenvalue weighted by Gasteiger charge is -2.30. The van der Waals surface area contributed by atoms with Gasteiger partial charge in [0.2, 0.25) is 10.0 Å². The highest BCUT2D eigenvalue weighted by Gasteiger charge is 2.26. The minimum Gasteiger partial charge on any atom is -0.492 e. The second-order valence-corrected chi connectivity index (χ2v) is 8.44. The number of alkyl halides is 1. The van der Waals surface area contributed by atoms with E-state index >= 15 is 0 Å². The zero-order valence-corrected chi connectivity index (χ0v) is 15.0. The largest absolute Gasteiger partial charge is 0.492 e. The predicted molar refractivity (Wildman–Crippen MR) is 88.3 cm³/mol. The van der Waals surface area contributed by atoms with Crippen molar-refractivity contribution in [3.63, 3.8) is 0 Å². The van der Waals surface area contributed by atoms with Crippen molar-refractivity contribution in [1.82, 2.24) is 4.31 Å². The molecular weight excluding hydrogens is 378 g/mol. The average molecular weight is 397 g/mol. The van der Waals surface area contributed by atoms with Crippen LogP contribution < -0.4 is 4.74 Å². The van der Waals surface area contributed by atoms with Crippen LogP contribution in [0.5, 0.6) is 5.75 Å². The quantitative estimate of drug-likeness (QED) is 0.718. The molecule has 1 aliphatic heterocycles. The van der Waals surface area contributed by atoms with Gasteiger partial charge in [0.1, 0.15) is 5.75 Å². The molecule has 1 atom stereocenters. The maximum atomic E-state index is 11.6. The topological polar surface area (TPSA) is 46.6 Å². The smallest absolute Gasteiger partial charge is 0.211 e. The summed E-state index contributed by atoms with van der Waals surface area (Å²) in [6.45, 7) is 1.67. The SMILES string of the molecule is CS(=O)(=O)N1CCCC(COc2ccc(CCl)cc2Br)C1. The van der Waals surface area contributed by atoms with Gasteiger partial charge in [-0.25, -0.2) is 12.7 Å². The van der Waals surface area contributed by atoms with Crippen molar-refractivity contribution in [3.8, 4) is 5.75 Å². The number of halogens is 2. The van der Waals surface area contributed by atoms with Crippen molar-refractivity contribution in [1.29, 1.82) is 0 Å². The van der Waals surface area contributed by atoms with E-state index in [-0.39, 0.29) is 5.92 Å². The van der Waals surface area contributed by atoms with Crippen LogP contribution in [-0.2, 0) is 15.9 Å². The van der Waals surface area contributed by atoms with Crippen LogP contribution in [-0.4, -0.2) is 38.7 Å². The molecule has 0 aliphatic carbocycles. The van der Waals surface area contributed by atoms with E-state index in [9.17, 15) is 8.42 Å². The number of hydrogen-bond donors (Lipinski definition) is 0. The molecule has 118 valence electrons. The number of benzene rings is 1. The summed E-state index contributed by atoms with van der Waals surface area (Å²) < 4.78 is 31.4. The van der Waals surface area contributed by atoms with Gasteiger partial charge in [-0.1, -0.05) is 6.07 Å². The molecular formula is C14H19BrClNO3S. The van der Waals surface area contributed by atoms with E-state index in [0.29, 0.717) is 25.6 Å².